The van der Waals surface area contributed by atoms with Crippen molar-refractivity contribution in [3.8, 4) is 0 Å². The fourth-order valence-corrected chi connectivity index (χ4v) is 3.54. The van der Waals surface area contributed by atoms with Crippen molar-refractivity contribution in [1.29, 1.82) is 0 Å². The number of hydrogen-bond acceptors (Lipinski definition) is 3. The summed E-state index contributed by atoms with van der Waals surface area (Å²) < 4.78 is 24.5. The van der Waals surface area contributed by atoms with Gasteiger partial charge in [-0.25, -0.2) is 12.7 Å². The van der Waals surface area contributed by atoms with Crippen LogP contribution in [0.5, 0.6) is 0 Å². The van der Waals surface area contributed by atoms with Crippen molar-refractivity contribution >= 4 is 40.0 Å². The molecule has 6 nitrogen and oxygen atoms in total. The number of nitrogens with zero attached hydrogens (tertiary/aromatic N) is 2. The van der Waals surface area contributed by atoms with E-state index in [4.69, 9.17) is 0 Å². The second-order valence-electron chi connectivity index (χ2n) is 6.29. The smallest absolute Gasteiger partial charge is 0.211 e. The fourth-order valence-electron chi connectivity index (χ4n) is 2.66. The van der Waals surface area contributed by atoms with Crippen LogP contribution in [0.15, 0.2) is 4.99 Å². The van der Waals surface area contributed by atoms with Crippen LogP contribution in [0.4, 0.5) is 0 Å². The highest BCUT2D eigenvalue weighted by Crippen LogP contribution is 2.28. The Hall–Kier alpha value is -0.0900. The van der Waals surface area contributed by atoms with Crippen molar-refractivity contribution in [2.75, 3.05) is 32.4 Å². The number of hydrogen-bond donors (Lipinski definition) is 2. The number of nitrogens with one attached hydrogen (secondary N) is 2. The van der Waals surface area contributed by atoms with E-state index < -0.39 is 10.0 Å². The Morgan fingerprint density at radius 1 is 1.32 bits per heavy atom. The van der Waals surface area contributed by atoms with Crippen molar-refractivity contribution in [2.24, 2.45) is 16.8 Å². The highest BCUT2D eigenvalue weighted by Gasteiger charge is 2.33. The van der Waals surface area contributed by atoms with E-state index in [1.54, 1.807) is 4.31 Å². The normalized spacial score (nSPS) is 27.1. The van der Waals surface area contributed by atoms with Gasteiger partial charge in [0, 0.05) is 32.2 Å². The maximum atomic E-state index is 11.5. The summed E-state index contributed by atoms with van der Waals surface area (Å²) >= 11 is 0. The maximum Gasteiger partial charge on any atom is 0.211 e. The second-order valence-corrected chi connectivity index (χ2v) is 8.27. The molecule has 8 heteroatoms. The molecule has 0 spiro atoms. The molecule has 130 valence electrons. The van der Waals surface area contributed by atoms with E-state index in [-0.39, 0.29) is 24.0 Å². The summed E-state index contributed by atoms with van der Waals surface area (Å²) in [7, 11) is -3.03. The van der Waals surface area contributed by atoms with Gasteiger partial charge in [0.15, 0.2) is 5.96 Å². The third kappa shape index (κ3) is 6.19. The number of halogens is 1. The lowest BCUT2D eigenvalue weighted by molar-refractivity contribution is 0.280. The Kier molecular flexibility index (Phi) is 7.87. The Morgan fingerprint density at radius 2 is 1.91 bits per heavy atom. The Labute approximate surface area is 151 Å². The zero-order chi connectivity index (χ0) is 15.5. The molecule has 0 bridgehead atoms. The molecule has 2 aliphatic rings. The average molecular weight is 444 g/mol. The van der Waals surface area contributed by atoms with Crippen LogP contribution in [-0.2, 0) is 10.0 Å². The molecule has 1 heterocycles. The first kappa shape index (κ1) is 20.0. The summed E-state index contributed by atoms with van der Waals surface area (Å²) in [4.78, 5) is 4.67. The van der Waals surface area contributed by atoms with Crippen LogP contribution in [0.3, 0.4) is 0 Å². The van der Waals surface area contributed by atoms with Crippen LogP contribution >= 0.6 is 24.0 Å². The van der Waals surface area contributed by atoms with Crippen LogP contribution in [0, 0.1) is 11.8 Å². The van der Waals surface area contributed by atoms with Crippen molar-refractivity contribution in [3.05, 3.63) is 0 Å². The van der Waals surface area contributed by atoms with E-state index in [0.717, 1.165) is 37.8 Å². The van der Waals surface area contributed by atoms with Gasteiger partial charge in [0.25, 0.3) is 0 Å². The maximum absolute atomic E-state index is 11.5. The molecule has 2 unspecified atom stereocenters. The number of aliphatic imine (C=N–C) groups is 1. The molecule has 1 aliphatic carbocycles. The average Bonchev–Trinajstić information content (AvgIpc) is 3.11. The second kappa shape index (κ2) is 8.68. The van der Waals surface area contributed by atoms with Gasteiger partial charge in [-0.3, -0.25) is 4.99 Å². The quantitative estimate of drug-likeness (QED) is 0.380. The van der Waals surface area contributed by atoms with Crippen LogP contribution in [0.1, 0.15) is 33.1 Å². The van der Waals surface area contributed by atoms with Crippen molar-refractivity contribution in [1.82, 2.24) is 14.9 Å². The van der Waals surface area contributed by atoms with Gasteiger partial charge in [-0.05, 0) is 38.0 Å². The SMILES string of the molecule is CCNC(=NCC1CCN(S(C)(=O)=O)CC1)NC1CC1C.I. The summed E-state index contributed by atoms with van der Waals surface area (Å²) in [5.74, 6) is 2.12. The number of sulfonamides is 1. The van der Waals surface area contributed by atoms with Gasteiger partial charge in [0.05, 0.1) is 6.26 Å². The van der Waals surface area contributed by atoms with E-state index in [9.17, 15) is 8.42 Å². The predicted octanol–water partition coefficient (Wildman–Crippen LogP) is 1.24. The van der Waals surface area contributed by atoms with Gasteiger partial charge < -0.3 is 10.6 Å². The first-order chi connectivity index (χ1) is 9.90. The van der Waals surface area contributed by atoms with Crippen LogP contribution in [0.25, 0.3) is 0 Å². The van der Waals surface area contributed by atoms with E-state index in [1.807, 2.05) is 0 Å². The van der Waals surface area contributed by atoms with Crippen LogP contribution in [-0.4, -0.2) is 57.2 Å². The fraction of sp³-hybridized carbons (Fsp3) is 0.929. The largest absolute Gasteiger partial charge is 0.357 e. The molecule has 0 radical (unpaired) electrons. The highest BCUT2D eigenvalue weighted by atomic mass is 127. The van der Waals surface area contributed by atoms with Crippen LogP contribution < -0.4 is 10.6 Å². The molecule has 1 aliphatic heterocycles. The van der Waals surface area contributed by atoms with Crippen molar-refractivity contribution in [2.45, 2.75) is 39.2 Å². The van der Waals surface area contributed by atoms with Gasteiger partial charge in [-0.2, -0.15) is 0 Å². The molecule has 1 saturated carbocycles. The van der Waals surface area contributed by atoms with Gasteiger partial charge >= 0.3 is 0 Å². The molecule has 2 N–H and O–H groups in total. The third-order valence-corrected chi connectivity index (χ3v) is 5.63. The summed E-state index contributed by atoms with van der Waals surface area (Å²) in [5, 5.41) is 6.73. The van der Waals surface area contributed by atoms with E-state index in [0.29, 0.717) is 25.0 Å². The highest BCUT2D eigenvalue weighted by molar-refractivity contribution is 14.0. The minimum atomic E-state index is -3.03. The number of piperidine rings is 1. The Bertz CT molecular complexity index is 475. The Balaban J connectivity index is 0.00000242. The minimum Gasteiger partial charge on any atom is -0.357 e. The van der Waals surface area contributed by atoms with Gasteiger partial charge in [-0.1, -0.05) is 6.92 Å². The summed E-state index contributed by atoms with van der Waals surface area (Å²) in [6.45, 7) is 7.19. The van der Waals surface area contributed by atoms with E-state index >= 15 is 0 Å². The van der Waals surface area contributed by atoms with Gasteiger partial charge in [0.1, 0.15) is 0 Å². The molecular weight excluding hydrogens is 415 g/mol. The lowest BCUT2D eigenvalue weighted by Gasteiger charge is -2.29. The summed E-state index contributed by atoms with van der Waals surface area (Å²) in [5.41, 5.74) is 0. The lowest BCUT2D eigenvalue weighted by Crippen LogP contribution is -2.41. The topological polar surface area (TPSA) is 73.8 Å². The summed E-state index contributed by atoms with van der Waals surface area (Å²) in [6.07, 6.45) is 4.30. The zero-order valence-corrected chi connectivity index (χ0v) is 16.9. The minimum absolute atomic E-state index is 0. The summed E-state index contributed by atoms with van der Waals surface area (Å²) in [6, 6.07) is 0.565. The molecule has 0 aromatic rings. The number of guanidine groups is 1. The van der Waals surface area contributed by atoms with E-state index in [1.165, 1.54) is 12.7 Å². The molecule has 2 fully saturated rings. The molecular formula is C14H29IN4O2S. The van der Waals surface area contributed by atoms with E-state index in [2.05, 4.69) is 29.5 Å². The van der Waals surface area contributed by atoms with Crippen LogP contribution in [0.2, 0.25) is 0 Å². The third-order valence-electron chi connectivity index (χ3n) is 4.33. The molecule has 2 atom stereocenters. The standard InChI is InChI=1S/C14H28N4O2S.HI/c1-4-15-14(17-13-9-11(13)2)16-10-12-5-7-18(8-6-12)21(3,19)20;/h11-13H,4-10H2,1-3H3,(H2,15,16,17);1H. The first-order valence-corrected chi connectivity index (χ1v) is 9.75. The van der Waals surface area contributed by atoms with Crippen molar-refractivity contribution < 1.29 is 8.42 Å². The molecule has 0 aromatic heterocycles. The molecule has 0 amide bonds. The molecule has 1 saturated heterocycles. The zero-order valence-electron chi connectivity index (χ0n) is 13.7. The van der Waals surface area contributed by atoms with Gasteiger partial charge in [-0.15, -0.1) is 24.0 Å². The first-order valence-electron chi connectivity index (χ1n) is 7.90. The Morgan fingerprint density at radius 3 is 2.36 bits per heavy atom. The van der Waals surface area contributed by atoms with Gasteiger partial charge in [0.2, 0.25) is 10.0 Å². The molecule has 0 aromatic carbocycles. The van der Waals surface area contributed by atoms with Crippen molar-refractivity contribution in [3.63, 3.8) is 0 Å². The molecule has 2 rings (SSSR count). The number of rotatable bonds is 5. The lowest BCUT2D eigenvalue weighted by atomic mass is 9.98. The monoisotopic (exact) mass is 444 g/mol. The molecule has 22 heavy (non-hydrogen) atoms. The predicted molar refractivity (Wildman–Crippen MR) is 101 cm³/mol.